The molecule has 3 heterocycles. The van der Waals surface area contributed by atoms with Crippen molar-refractivity contribution in [2.24, 2.45) is 0 Å². The summed E-state index contributed by atoms with van der Waals surface area (Å²) in [5.74, 6) is 0.693. The predicted molar refractivity (Wildman–Crippen MR) is 91.1 cm³/mol. The van der Waals surface area contributed by atoms with Crippen molar-refractivity contribution in [1.82, 2.24) is 14.7 Å². The van der Waals surface area contributed by atoms with Crippen molar-refractivity contribution in [3.63, 3.8) is 0 Å². The van der Waals surface area contributed by atoms with Crippen LogP contribution in [0.25, 0.3) is 11.0 Å². The molecule has 0 aromatic carbocycles. The molecule has 0 saturated carbocycles. The molecule has 0 aliphatic carbocycles. The van der Waals surface area contributed by atoms with Crippen molar-refractivity contribution in [1.29, 1.82) is 0 Å². The maximum atomic E-state index is 12.6. The molecule has 0 saturated heterocycles. The Kier molecular flexibility index (Phi) is 4.28. The molecule has 0 aliphatic heterocycles. The van der Waals surface area contributed by atoms with Gasteiger partial charge in [-0.05, 0) is 44.5 Å². The molecule has 0 amide bonds. The SMILES string of the molecule is CC(C)(C)S(=O)NC(c1cccnc1)c1cc2ccncc2o1. The smallest absolute Gasteiger partial charge is 0.152 e. The monoisotopic (exact) mass is 329 g/mol. The first kappa shape index (κ1) is 15.8. The molecule has 3 aromatic heterocycles. The number of hydrogen-bond acceptors (Lipinski definition) is 4. The highest BCUT2D eigenvalue weighted by atomic mass is 32.2. The molecule has 6 heteroatoms. The van der Waals surface area contributed by atoms with Gasteiger partial charge in [0.05, 0.1) is 21.9 Å². The van der Waals surface area contributed by atoms with E-state index in [1.807, 2.05) is 45.0 Å². The Morgan fingerprint density at radius 1 is 1.17 bits per heavy atom. The minimum Gasteiger partial charge on any atom is -0.457 e. The molecule has 3 rings (SSSR count). The van der Waals surface area contributed by atoms with Gasteiger partial charge in [-0.15, -0.1) is 0 Å². The topological polar surface area (TPSA) is 68.0 Å². The zero-order valence-corrected chi connectivity index (χ0v) is 14.1. The van der Waals surface area contributed by atoms with Crippen molar-refractivity contribution in [2.45, 2.75) is 31.6 Å². The van der Waals surface area contributed by atoms with Crippen LogP contribution in [-0.2, 0) is 11.0 Å². The van der Waals surface area contributed by atoms with Crippen molar-refractivity contribution >= 4 is 22.0 Å². The lowest BCUT2D eigenvalue weighted by Gasteiger charge is -2.23. The Bertz CT molecular complexity index is 791. The number of nitrogens with zero attached hydrogens (tertiary/aromatic N) is 2. The summed E-state index contributed by atoms with van der Waals surface area (Å²) in [4.78, 5) is 8.23. The van der Waals surface area contributed by atoms with Crippen molar-refractivity contribution < 1.29 is 8.63 Å². The van der Waals surface area contributed by atoms with E-state index in [0.29, 0.717) is 11.3 Å². The highest BCUT2D eigenvalue weighted by Gasteiger charge is 2.26. The summed E-state index contributed by atoms with van der Waals surface area (Å²) >= 11 is 0. The molecular formula is C17H19N3O2S. The Morgan fingerprint density at radius 2 is 1.96 bits per heavy atom. The fourth-order valence-corrected chi connectivity index (χ4v) is 2.99. The third-order valence-corrected chi connectivity index (χ3v) is 4.99. The minimum atomic E-state index is -1.24. The number of pyridine rings is 2. The van der Waals surface area contributed by atoms with E-state index in [1.54, 1.807) is 24.8 Å². The van der Waals surface area contributed by atoms with Crippen LogP contribution in [0.1, 0.15) is 38.1 Å². The van der Waals surface area contributed by atoms with Gasteiger partial charge in [0.25, 0.3) is 0 Å². The van der Waals surface area contributed by atoms with Gasteiger partial charge in [0, 0.05) is 24.0 Å². The average Bonchev–Trinajstić information content (AvgIpc) is 2.95. The van der Waals surface area contributed by atoms with Crippen molar-refractivity contribution in [3.05, 3.63) is 60.4 Å². The van der Waals surface area contributed by atoms with E-state index in [9.17, 15) is 4.21 Å². The zero-order valence-electron chi connectivity index (χ0n) is 13.3. The fourth-order valence-electron chi connectivity index (χ4n) is 2.17. The van der Waals surface area contributed by atoms with E-state index < -0.39 is 11.0 Å². The summed E-state index contributed by atoms with van der Waals surface area (Å²) in [5, 5.41) is 0.965. The molecule has 23 heavy (non-hydrogen) atoms. The summed E-state index contributed by atoms with van der Waals surface area (Å²) in [6, 6.07) is 7.30. The van der Waals surface area contributed by atoms with Crippen LogP contribution in [0.4, 0.5) is 0 Å². The summed E-state index contributed by atoms with van der Waals surface area (Å²) in [6.07, 6.45) is 6.87. The van der Waals surface area contributed by atoms with E-state index in [4.69, 9.17) is 4.42 Å². The molecule has 0 radical (unpaired) electrons. The Labute approximate surface area is 137 Å². The number of aromatic nitrogens is 2. The maximum absolute atomic E-state index is 12.6. The molecule has 1 N–H and O–H groups in total. The van der Waals surface area contributed by atoms with E-state index in [1.165, 1.54) is 0 Å². The molecule has 0 fully saturated rings. The molecule has 0 aliphatic rings. The highest BCUT2D eigenvalue weighted by Crippen LogP contribution is 2.28. The van der Waals surface area contributed by atoms with E-state index >= 15 is 0 Å². The number of rotatable bonds is 4. The van der Waals surface area contributed by atoms with E-state index in [0.717, 1.165) is 10.9 Å². The number of hydrogen-bond donors (Lipinski definition) is 1. The molecule has 0 spiro atoms. The van der Waals surface area contributed by atoms with Gasteiger partial charge in [-0.1, -0.05) is 6.07 Å². The number of furan rings is 1. The van der Waals surface area contributed by atoms with Crippen LogP contribution in [0.2, 0.25) is 0 Å². The maximum Gasteiger partial charge on any atom is 0.152 e. The summed E-state index contributed by atoms with van der Waals surface area (Å²) < 4.78 is 21.3. The van der Waals surface area contributed by atoms with Crippen LogP contribution >= 0.6 is 0 Å². The van der Waals surface area contributed by atoms with Gasteiger partial charge < -0.3 is 4.42 Å². The van der Waals surface area contributed by atoms with Crippen LogP contribution in [0.3, 0.4) is 0 Å². The third kappa shape index (κ3) is 3.48. The Balaban J connectivity index is 2.02. The number of fused-ring (bicyclic) bond motifs is 1. The van der Waals surface area contributed by atoms with Crippen LogP contribution in [-0.4, -0.2) is 18.9 Å². The van der Waals surface area contributed by atoms with Crippen molar-refractivity contribution in [3.8, 4) is 0 Å². The molecular weight excluding hydrogens is 310 g/mol. The van der Waals surface area contributed by atoms with E-state index in [2.05, 4.69) is 14.7 Å². The van der Waals surface area contributed by atoms with Crippen LogP contribution in [0.15, 0.2) is 53.5 Å². The zero-order chi connectivity index (χ0) is 16.4. The third-order valence-electron chi connectivity index (χ3n) is 3.43. The quantitative estimate of drug-likeness (QED) is 0.797. The largest absolute Gasteiger partial charge is 0.457 e. The Morgan fingerprint density at radius 3 is 2.61 bits per heavy atom. The lowest BCUT2D eigenvalue weighted by atomic mass is 10.1. The molecule has 3 aromatic rings. The normalized spacial score (nSPS) is 14.7. The van der Waals surface area contributed by atoms with Gasteiger partial charge in [-0.2, -0.15) is 0 Å². The molecule has 120 valence electrons. The average molecular weight is 329 g/mol. The summed E-state index contributed by atoms with van der Waals surface area (Å²) in [5.41, 5.74) is 1.61. The fraction of sp³-hybridized carbons (Fsp3) is 0.294. The van der Waals surface area contributed by atoms with Gasteiger partial charge >= 0.3 is 0 Å². The van der Waals surface area contributed by atoms with Gasteiger partial charge in [0.2, 0.25) is 0 Å². The summed E-state index contributed by atoms with van der Waals surface area (Å²) in [7, 11) is -1.24. The highest BCUT2D eigenvalue weighted by molar-refractivity contribution is 7.84. The van der Waals surface area contributed by atoms with Crippen LogP contribution in [0.5, 0.6) is 0 Å². The standard InChI is InChI=1S/C17H19N3O2S/c1-17(2,3)23(21)20-16(13-5-4-7-18-10-13)14-9-12-6-8-19-11-15(12)22-14/h4-11,16,20H,1-3H3. The van der Waals surface area contributed by atoms with E-state index in [-0.39, 0.29) is 10.8 Å². The molecule has 2 atom stereocenters. The first-order valence-electron chi connectivity index (χ1n) is 7.36. The first-order chi connectivity index (χ1) is 10.9. The predicted octanol–water partition coefficient (Wildman–Crippen LogP) is 3.36. The van der Waals surface area contributed by atoms with Crippen LogP contribution in [0, 0.1) is 0 Å². The molecule has 2 unspecified atom stereocenters. The second kappa shape index (κ2) is 6.22. The lowest BCUT2D eigenvalue weighted by Crippen LogP contribution is -2.36. The molecule has 5 nitrogen and oxygen atoms in total. The lowest BCUT2D eigenvalue weighted by molar-refractivity contribution is 0.505. The first-order valence-corrected chi connectivity index (χ1v) is 8.51. The minimum absolute atomic E-state index is 0.337. The second-order valence-electron chi connectivity index (χ2n) is 6.28. The van der Waals surface area contributed by atoms with Gasteiger partial charge in [0.15, 0.2) is 5.58 Å². The summed E-state index contributed by atoms with van der Waals surface area (Å²) in [6.45, 7) is 5.79. The van der Waals surface area contributed by atoms with Gasteiger partial charge in [-0.3, -0.25) is 9.97 Å². The molecule has 0 bridgehead atoms. The van der Waals surface area contributed by atoms with Crippen molar-refractivity contribution in [2.75, 3.05) is 0 Å². The number of nitrogens with one attached hydrogen (secondary N) is 1. The van der Waals surface area contributed by atoms with Gasteiger partial charge in [0.1, 0.15) is 11.8 Å². The van der Waals surface area contributed by atoms with Crippen LogP contribution < -0.4 is 4.72 Å². The van der Waals surface area contributed by atoms with Gasteiger partial charge in [-0.25, -0.2) is 8.93 Å². The second-order valence-corrected chi connectivity index (χ2v) is 8.28. The Hall–Kier alpha value is -2.05.